The van der Waals surface area contributed by atoms with Gasteiger partial charge < -0.3 is 14.4 Å². The molecule has 1 fully saturated rings. The van der Waals surface area contributed by atoms with Gasteiger partial charge in [0, 0.05) is 25.4 Å². The van der Waals surface area contributed by atoms with Crippen LogP contribution in [0.4, 0.5) is 4.79 Å². The zero-order valence-corrected chi connectivity index (χ0v) is 15.2. The Morgan fingerprint density at radius 1 is 1.43 bits per heavy atom. The number of piperidine rings is 1. The summed E-state index contributed by atoms with van der Waals surface area (Å²) < 4.78 is 11.2. The van der Waals surface area contributed by atoms with E-state index >= 15 is 0 Å². The number of carbonyl (C=O) groups excluding carboxylic acids is 1. The molecule has 23 heavy (non-hydrogen) atoms. The monoisotopic (exact) mass is 340 g/mol. The van der Waals surface area contributed by atoms with Crippen molar-refractivity contribution in [3.05, 3.63) is 16.6 Å². The molecule has 0 spiro atoms. The highest BCUT2D eigenvalue weighted by atomic mass is 32.1. The molecule has 1 atom stereocenters. The predicted molar refractivity (Wildman–Crippen MR) is 91.6 cm³/mol. The minimum absolute atomic E-state index is 0.173. The van der Waals surface area contributed by atoms with Gasteiger partial charge in [-0.15, -0.1) is 11.3 Å². The van der Waals surface area contributed by atoms with Crippen LogP contribution >= 0.6 is 11.3 Å². The fourth-order valence-corrected chi connectivity index (χ4v) is 3.30. The smallest absolute Gasteiger partial charge is 0.410 e. The van der Waals surface area contributed by atoms with Crippen LogP contribution in [0.25, 0.3) is 0 Å². The van der Waals surface area contributed by atoms with Crippen molar-refractivity contribution in [1.29, 1.82) is 0 Å². The first-order chi connectivity index (χ1) is 11.0. The van der Waals surface area contributed by atoms with Crippen LogP contribution in [0, 0.1) is 0 Å². The summed E-state index contributed by atoms with van der Waals surface area (Å²) in [5.74, 6) is 0. The number of carbonyl (C=O) groups is 1. The Hall–Kier alpha value is -1.14. The summed E-state index contributed by atoms with van der Waals surface area (Å²) in [6.07, 6.45) is 6.92. The molecule has 1 aromatic heterocycles. The highest BCUT2D eigenvalue weighted by Crippen LogP contribution is 2.23. The summed E-state index contributed by atoms with van der Waals surface area (Å²) in [5, 5.41) is 0. The van der Waals surface area contributed by atoms with E-state index in [1.807, 2.05) is 37.4 Å². The maximum Gasteiger partial charge on any atom is 0.410 e. The molecule has 130 valence electrons. The van der Waals surface area contributed by atoms with E-state index in [1.165, 1.54) is 6.42 Å². The minimum Gasteiger partial charge on any atom is -0.444 e. The predicted octanol–water partition coefficient (Wildman–Crippen LogP) is 4.23. The van der Waals surface area contributed by atoms with Gasteiger partial charge in [0.1, 0.15) is 5.60 Å². The number of nitrogens with zero attached hydrogens (tertiary/aromatic N) is 2. The van der Waals surface area contributed by atoms with E-state index in [1.54, 1.807) is 11.3 Å². The third kappa shape index (κ3) is 6.47. The number of amides is 1. The molecule has 0 N–H and O–H groups in total. The second kappa shape index (κ2) is 8.64. The fraction of sp³-hybridized carbons (Fsp3) is 0.765. The number of hydrogen-bond acceptors (Lipinski definition) is 5. The van der Waals surface area contributed by atoms with Gasteiger partial charge in [-0.25, -0.2) is 4.79 Å². The average molecular weight is 340 g/mol. The Balaban J connectivity index is 1.71. The van der Waals surface area contributed by atoms with Gasteiger partial charge in [-0.3, -0.25) is 4.98 Å². The first-order valence-electron chi connectivity index (χ1n) is 8.40. The quantitative estimate of drug-likeness (QED) is 0.727. The van der Waals surface area contributed by atoms with Crippen molar-refractivity contribution in [2.45, 2.75) is 71.1 Å². The third-order valence-electron chi connectivity index (χ3n) is 3.81. The topological polar surface area (TPSA) is 51.7 Å². The summed E-state index contributed by atoms with van der Waals surface area (Å²) in [4.78, 5) is 19.4. The number of aromatic nitrogens is 1. The Kier molecular flexibility index (Phi) is 6.84. The van der Waals surface area contributed by atoms with Crippen LogP contribution in [0.5, 0.6) is 0 Å². The second-order valence-corrected chi connectivity index (χ2v) is 7.96. The molecular weight excluding hydrogens is 312 g/mol. The molecule has 5 nitrogen and oxygen atoms in total. The molecule has 1 saturated heterocycles. The van der Waals surface area contributed by atoms with Gasteiger partial charge in [-0.1, -0.05) is 0 Å². The maximum atomic E-state index is 12.3. The Bertz CT molecular complexity index is 471. The van der Waals surface area contributed by atoms with Crippen molar-refractivity contribution >= 4 is 17.4 Å². The van der Waals surface area contributed by atoms with Crippen molar-refractivity contribution in [2.24, 2.45) is 0 Å². The van der Waals surface area contributed by atoms with Crippen LogP contribution < -0.4 is 0 Å². The van der Waals surface area contributed by atoms with Gasteiger partial charge in [0.15, 0.2) is 0 Å². The van der Waals surface area contributed by atoms with E-state index in [9.17, 15) is 4.79 Å². The molecule has 0 unspecified atom stereocenters. The Labute approximate surface area is 143 Å². The lowest BCUT2D eigenvalue weighted by molar-refractivity contribution is 0.00728. The first kappa shape index (κ1) is 18.2. The van der Waals surface area contributed by atoms with E-state index in [4.69, 9.17) is 9.47 Å². The lowest BCUT2D eigenvalue weighted by Crippen LogP contribution is -2.46. The van der Waals surface area contributed by atoms with Crippen LogP contribution in [0.1, 0.15) is 57.8 Å². The van der Waals surface area contributed by atoms with Gasteiger partial charge in [-0.2, -0.15) is 0 Å². The van der Waals surface area contributed by atoms with E-state index in [2.05, 4.69) is 4.98 Å². The summed E-state index contributed by atoms with van der Waals surface area (Å²) in [6.45, 7) is 7.90. The van der Waals surface area contributed by atoms with Gasteiger partial charge in [0.25, 0.3) is 0 Å². The molecule has 2 rings (SSSR count). The van der Waals surface area contributed by atoms with Crippen molar-refractivity contribution in [3.63, 3.8) is 0 Å². The molecule has 2 heterocycles. The van der Waals surface area contributed by atoms with Crippen LogP contribution in [0.3, 0.4) is 0 Å². The number of likely N-dealkylation sites (tertiary alicyclic amines) is 1. The molecule has 1 amide bonds. The lowest BCUT2D eigenvalue weighted by atomic mass is 9.98. The van der Waals surface area contributed by atoms with Crippen LogP contribution in [0.2, 0.25) is 0 Å². The Morgan fingerprint density at radius 3 is 2.96 bits per heavy atom. The van der Waals surface area contributed by atoms with E-state index < -0.39 is 5.60 Å². The molecule has 0 aromatic carbocycles. The molecule has 6 heteroatoms. The van der Waals surface area contributed by atoms with E-state index in [-0.39, 0.29) is 12.1 Å². The van der Waals surface area contributed by atoms with Crippen LogP contribution in [-0.4, -0.2) is 40.8 Å². The zero-order valence-electron chi connectivity index (χ0n) is 14.4. The standard InChI is InChI=1S/C17H28N2O3S/c1-17(2,3)22-16(20)19-9-5-4-7-14(19)8-6-10-21-12-15-11-18-13-23-15/h11,13-14H,4-10,12H2,1-3H3/t14-/m1/s1. The molecule has 1 aliphatic rings. The number of hydrogen-bond donors (Lipinski definition) is 0. The van der Waals surface area contributed by atoms with Gasteiger partial charge >= 0.3 is 6.09 Å². The summed E-state index contributed by atoms with van der Waals surface area (Å²) in [7, 11) is 0. The summed E-state index contributed by atoms with van der Waals surface area (Å²) in [5.41, 5.74) is 1.39. The average Bonchev–Trinajstić information content (AvgIpc) is 2.99. The van der Waals surface area contributed by atoms with Gasteiger partial charge in [0.05, 0.1) is 17.0 Å². The first-order valence-corrected chi connectivity index (χ1v) is 9.28. The highest BCUT2D eigenvalue weighted by molar-refractivity contribution is 7.09. The second-order valence-electron chi connectivity index (χ2n) is 6.99. The maximum absolute atomic E-state index is 12.3. The van der Waals surface area contributed by atoms with Gasteiger partial charge in [-0.05, 0) is 52.9 Å². The largest absolute Gasteiger partial charge is 0.444 e. The van der Waals surface area contributed by atoms with E-state index in [0.29, 0.717) is 6.61 Å². The highest BCUT2D eigenvalue weighted by Gasteiger charge is 2.29. The number of rotatable bonds is 6. The third-order valence-corrected chi connectivity index (χ3v) is 4.56. The van der Waals surface area contributed by atoms with Crippen LogP contribution in [-0.2, 0) is 16.1 Å². The molecule has 1 aromatic rings. The molecule has 0 aliphatic carbocycles. The molecule has 0 radical (unpaired) electrons. The summed E-state index contributed by atoms with van der Waals surface area (Å²) in [6, 6.07) is 0.283. The molecule has 0 bridgehead atoms. The summed E-state index contributed by atoms with van der Waals surface area (Å²) >= 11 is 1.61. The normalized spacial score (nSPS) is 18.9. The molecule has 0 saturated carbocycles. The Morgan fingerprint density at radius 2 is 2.26 bits per heavy atom. The van der Waals surface area contributed by atoms with Gasteiger partial charge in [0.2, 0.25) is 0 Å². The van der Waals surface area contributed by atoms with Crippen molar-refractivity contribution < 1.29 is 14.3 Å². The number of thiazole rings is 1. The van der Waals surface area contributed by atoms with Crippen LogP contribution in [0.15, 0.2) is 11.7 Å². The molecule has 1 aliphatic heterocycles. The van der Waals surface area contributed by atoms with Crippen molar-refractivity contribution in [1.82, 2.24) is 9.88 Å². The zero-order chi connectivity index (χ0) is 16.7. The van der Waals surface area contributed by atoms with Crippen molar-refractivity contribution in [2.75, 3.05) is 13.2 Å². The lowest BCUT2D eigenvalue weighted by Gasteiger charge is -2.36. The number of ether oxygens (including phenoxy) is 2. The van der Waals surface area contributed by atoms with Crippen molar-refractivity contribution in [3.8, 4) is 0 Å². The fourth-order valence-electron chi connectivity index (χ4n) is 2.77. The molecular formula is C17H28N2O3S. The van der Waals surface area contributed by atoms with E-state index in [0.717, 1.165) is 43.7 Å². The minimum atomic E-state index is -0.434. The SMILES string of the molecule is CC(C)(C)OC(=O)N1CCCC[C@@H]1CCCOCc1cncs1.